The minimum absolute atomic E-state index is 0.155. The van der Waals surface area contributed by atoms with Crippen molar-refractivity contribution in [2.24, 2.45) is 10.9 Å². The van der Waals surface area contributed by atoms with Gasteiger partial charge in [-0.2, -0.15) is 5.26 Å². The van der Waals surface area contributed by atoms with Crippen LogP contribution in [0.3, 0.4) is 0 Å². The minimum Gasteiger partial charge on any atom is -0.272 e. The molecular formula is C20H18N2OS. The van der Waals surface area contributed by atoms with E-state index in [2.05, 4.69) is 11.1 Å². The third-order valence-electron chi connectivity index (χ3n) is 4.25. The van der Waals surface area contributed by atoms with Crippen molar-refractivity contribution in [3.05, 3.63) is 71.8 Å². The number of hydrogen-bond donors (Lipinski definition) is 0. The van der Waals surface area contributed by atoms with Crippen LogP contribution in [0.5, 0.6) is 0 Å². The predicted octanol–water partition coefficient (Wildman–Crippen LogP) is 4.39. The first-order chi connectivity index (χ1) is 11.8. The fourth-order valence-electron chi connectivity index (χ4n) is 3.22. The molecule has 0 N–H and O–H groups in total. The Morgan fingerprint density at radius 2 is 1.62 bits per heavy atom. The molecule has 0 aliphatic carbocycles. The normalized spacial score (nSPS) is 23.4. The Bertz CT molecular complexity index is 780. The summed E-state index contributed by atoms with van der Waals surface area (Å²) >= 11 is 1.49. The zero-order valence-corrected chi connectivity index (χ0v) is 14.2. The van der Waals surface area contributed by atoms with Crippen LogP contribution in [0.25, 0.3) is 0 Å². The van der Waals surface area contributed by atoms with Crippen LogP contribution in [-0.4, -0.2) is 16.7 Å². The number of nitrogens with zero attached hydrogens (tertiary/aromatic N) is 2. The minimum atomic E-state index is -0.417. The van der Waals surface area contributed by atoms with E-state index in [1.807, 2.05) is 67.6 Å². The number of thioether (sulfide) groups is 1. The Balaban J connectivity index is 2.15. The molecule has 1 amide bonds. The maximum Gasteiger partial charge on any atom is 0.254 e. The molecule has 24 heavy (non-hydrogen) atoms. The molecule has 1 aliphatic rings. The van der Waals surface area contributed by atoms with Gasteiger partial charge in [-0.1, -0.05) is 67.6 Å². The van der Waals surface area contributed by atoms with Crippen LogP contribution in [0.4, 0.5) is 0 Å². The number of nitriles is 1. The van der Waals surface area contributed by atoms with E-state index in [-0.39, 0.29) is 11.8 Å². The molecule has 120 valence electrons. The highest BCUT2D eigenvalue weighted by Gasteiger charge is 2.43. The van der Waals surface area contributed by atoms with Crippen molar-refractivity contribution in [3.8, 4) is 6.07 Å². The second-order valence-electron chi connectivity index (χ2n) is 5.65. The molecule has 2 aromatic carbocycles. The highest BCUT2D eigenvalue weighted by molar-refractivity contribution is 8.14. The first-order valence-electron chi connectivity index (χ1n) is 8.01. The van der Waals surface area contributed by atoms with Gasteiger partial charge in [-0.05, 0) is 16.9 Å². The third kappa shape index (κ3) is 3.13. The molecule has 0 bridgehead atoms. The number of aliphatic imine (C=N–C) groups is 1. The predicted molar refractivity (Wildman–Crippen MR) is 98.0 cm³/mol. The van der Waals surface area contributed by atoms with E-state index in [0.29, 0.717) is 5.04 Å². The standard InChI is InChI=1S/C20H18N2OS/c1-2-24-20-16(13-21)17(14-9-5-3-6-10-14)18(19(23)22-20)15-11-7-4-8-12-15/h3-12,16-18H,2H2,1H3. The SMILES string of the molecule is CCSC1=NC(=O)C(c2ccccc2)C(c2ccccc2)C1C#N. The zero-order valence-electron chi connectivity index (χ0n) is 13.4. The van der Waals surface area contributed by atoms with Gasteiger partial charge in [0.05, 0.1) is 17.0 Å². The van der Waals surface area contributed by atoms with Gasteiger partial charge in [-0.25, -0.2) is 4.99 Å². The summed E-state index contributed by atoms with van der Waals surface area (Å²) in [5.74, 6) is -0.392. The average Bonchev–Trinajstić information content (AvgIpc) is 2.63. The quantitative estimate of drug-likeness (QED) is 0.836. The average molecular weight is 334 g/mol. The summed E-state index contributed by atoms with van der Waals surface area (Å²) < 4.78 is 0. The van der Waals surface area contributed by atoms with Crippen molar-refractivity contribution in [2.45, 2.75) is 18.8 Å². The highest BCUT2D eigenvalue weighted by atomic mass is 32.2. The van der Waals surface area contributed by atoms with Crippen LogP contribution in [0.2, 0.25) is 0 Å². The fraction of sp³-hybridized carbons (Fsp3) is 0.250. The Morgan fingerprint density at radius 1 is 1.04 bits per heavy atom. The molecule has 1 aliphatic heterocycles. The van der Waals surface area contributed by atoms with E-state index in [1.54, 1.807) is 0 Å². The van der Waals surface area contributed by atoms with Gasteiger partial charge in [-0.15, -0.1) is 11.8 Å². The number of amides is 1. The first-order valence-corrected chi connectivity index (χ1v) is 8.99. The monoisotopic (exact) mass is 334 g/mol. The maximum absolute atomic E-state index is 12.8. The Hall–Kier alpha value is -2.38. The van der Waals surface area contributed by atoms with E-state index in [4.69, 9.17) is 0 Å². The Morgan fingerprint density at radius 3 is 2.17 bits per heavy atom. The largest absolute Gasteiger partial charge is 0.272 e. The van der Waals surface area contributed by atoms with Gasteiger partial charge in [0, 0.05) is 5.92 Å². The summed E-state index contributed by atoms with van der Waals surface area (Å²) in [5.41, 5.74) is 1.93. The summed E-state index contributed by atoms with van der Waals surface area (Å²) in [4.78, 5) is 17.1. The zero-order chi connectivity index (χ0) is 16.9. The van der Waals surface area contributed by atoms with Crippen molar-refractivity contribution in [3.63, 3.8) is 0 Å². The molecule has 3 atom stereocenters. The highest BCUT2D eigenvalue weighted by Crippen LogP contribution is 2.44. The van der Waals surface area contributed by atoms with E-state index >= 15 is 0 Å². The van der Waals surface area contributed by atoms with E-state index in [9.17, 15) is 10.1 Å². The molecule has 3 rings (SSSR count). The van der Waals surface area contributed by atoms with Crippen LogP contribution < -0.4 is 0 Å². The molecule has 0 aromatic heterocycles. The summed E-state index contributed by atoms with van der Waals surface area (Å²) in [7, 11) is 0. The lowest BCUT2D eigenvalue weighted by Gasteiger charge is -2.33. The summed E-state index contributed by atoms with van der Waals surface area (Å²) in [6, 6.07) is 21.9. The lowest BCUT2D eigenvalue weighted by Crippen LogP contribution is -2.34. The third-order valence-corrected chi connectivity index (χ3v) is 5.17. The molecular weight excluding hydrogens is 316 g/mol. The molecule has 4 heteroatoms. The van der Waals surface area contributed by atoms with Crippen molar-refractivity contribution < 1.29 is 4.79 Å². The van der Waals surface area contributed by atoms with Crippen molar-refractivity contribution in [2.75, 3.05) is 5.75 Å². The molecule has 0 saturated heterocycles. The lowest BCUT2D eigenvalue weighted by atomic mass is 9.72. The molecule has 3 nitrogen and oxygen atoms in total. The van der Waals surface area contributed by atoms with Gasteiger partial charge >= 0.3 is 0 Å². The van der Waals surface area contributed by atoms with Gasteiger partial charge in [0.25, 0.3) is 5.91 Å². The van der Waals surface area contributed by atoms with E-state index in [1.165, 1.54) is 11.8 Å². The van der Waals surface area contributed by atoms with Gasteiger partial charge in [-0.3, -0.25) is 4.79 Å². The number of carbonyl (C=O) groups excluding carboxylic acids is 1. The summed E-state index contributed by atoms with van der Waals surface area (Å²) in [6.07, 6.45) is 0. The van der Waals surface area contributed by atoms with Crippen LogP contribution in [-0.2, 0) is 4.79 Å². The number of benzene rings is 2. The summed E-state index contributed by atoms with van der Waals surface area (Å²) in [6.45, 7) is 2.01. The summed E-state index contributed by atoms with van der Waals surface area (Å²) in [5, 5.41) is 10.5. The van der Waals surface area contributed by atoms with E-state index < -0.39 is 11.8 Å². The van der Waals surface area contributed by atoms with Crippen LogP contribution in [0.1, 0.15) is 29.9 Å². The fourth-order valence-corrected chi connectivity index (χ4v) is 4.05. The number of rotatable bonds is 3. The van der Waals surface area contributed by atoms with Gasteiger partial charge in [0.1, 0.15) is 5.92 Å². The van der Waals surface area contributed by atoms with Crippen molar-refractivity contribution in [1.29, 1.82) is 5.26 Å². The number of hydrogen-bond acceptors (Lipinski definition) is 3. The molecule has 1 heterocycles. The Labute approximate surface area is 146 Å². The molecule has 0 spiro atoms. The van der Waals surface area contributed by atoms with Gasteiger partial charge in [0.15, 0.2) is 0 Å². The second-order valence-corrected chi connectivity index (χ2v) is 6.94. The van der Waals surface area contributed by atoms with Crippen molar-refractivity contribution >= 4 is 22.7 Å². The smallest absolute Gasteiger partial charge is 0.254 e. The number of carbonyl (C=O) groups is 1. The molecule has 0 saturated carbocycles. The van der Waals surface area contributed by atoms with Gasteiger partial charge < -0.3 is 0 Å². The molecule has 3 unspecified atom stereocenters. The second kappa shape index (κ2) is 7.46. The van der Waals surface area contributed by atoms with Crippen molar-refractivity contribution in [1.82, 2.24) is 0 Å². The lowest BCUT2D eigenvalue weighted by molar-refractivity contribution is -0.120. The molecule has 0 radical (unpaired) electrons. The Kier molecular flexibility index (Phi) is 5.12. The van der Waals surface area contributed by atoms with Crippen LogP contribution in [0, 0.1) is 17.2 Å². The van der Waals surface area contributed by atoms with Gasteiger partial charge in [0.2, 0.25) is 0 Å². The maximum atomic E-state index is 12.8. The topological polar surface area (TPSA) is 53.2 Å². The van der Waals surface area contributed by atoms with E-state index in [0.717, 1.165) is 16.9 Å². The van der Waals surface area contributed by atoms with Crippen LogP contribution in [0.15, 0.2) is 65.7 Å². The molecule has 0 fully saturated rings. The first kappa shape index (κ1) is 16.5. The molecule has 2 aromatic rings. The van der Waals surface area contributed by atoms with Crippen LogP contribution >= 0.6 is 11.8 Å².